The van der Waals surface area contributed by atoms with E-state index in [1.165, 1.54) is 0 Å². The number of aliphatic hydroxyl groups is 1. The molecular weight excluding hydrogens is 186 g/mol. The molecular formula is C10H18ClNO. The summed E-state index contributed by atoms with van der Waals surface area (Å²) in [5.74, 6) is 0.513. The second-order valence-electron chi connectivity index (χ2n) is 4.19. The van der Waals surface area contributed by atoms with Gasteiger partial charge in [0.05, 0.1) is 5.60 Å². The molecule has 13 heavy (non-hydrogen) atoms. The maximum atomic E-state index is 9.83. The van der Waals surface area contributed by atoms with Crippen LogP contribution >= 0.6 is 11.6 Å². The first-order valence-electron chi connectivity index (χ1n) is 4.71. The molecule has 1 N–H and O–H groups in total. The van der Waals surface area contributed by atoms with Crippen LogP contribution in [0.15, 0.2) is 12.2 Å². The van der Waals surface area contributed by atoms with Gasteiger partial charge in [0, 0.05) is 19.0 Å². The summed E-state index contributed by atoms with van der Waals surface area (Å²) in [6.45, 7) is 8.36. The lowest BCUT2D eigenvalue weighted by Crippen LogP contribution is -2.46. The molecule has 1 rings (SSSR count). The van der Waals surface area contributed by atoms with Gasteiger partial charge < -0.3 is 5.11 Å². The Morgan fingerprint density at radius 1 is 1.69 bits per heavy atom. The van der Waals surface area contributed by atoms with Crippen LogP contribution < -0.4 is 0 Å². The van der Waals surface area contributed by atoms with Crippen LogP contribution in [-0.4, -0.2) is 41.1 Å². The van der Waals surface area contributed by atoms with Crippen LogP contribution in [0.1, 0.15) is 19.8 Å². The van der Waals surface area contributed by atoms with Crippen LogP contribution in [0, 0.1) is 0 Å². The first-order chi connectivity index (χ1) is 6.03. The summed E-state index contributed by atoms with van der Waals surface area (Å²) in [6.07, 6.45) is 1.96. The Hall–Kier alpha value is -0.0500. The van der Waals surface area contributed by atoms with Gasteiger partial charge in [-0.2, -0.15) is 0 Å². The van der Waals surface area contributed by atoms with Crippen molar-refractivity contribution in [2.75, 3.05) is 25.5 Å². The van der Waals surface area contributed by atoms with E-state index in [2.05, 4.69) is 11.5 Å². The predicted molar refractivity (Wildman–Crippen MR) is 56.2 cm³/mol. The molecule has 0 saturated carbocycles. The minimum atomic E-state index is -0.523. The van der Waals surface area contributed by atoms with Crippen molar-refractivity contribution in [3.8, 4) is 0 Å². The molecule has 0 aromatic heterocycles. The second kappa shape index (κ2) is 4.45. The molecule has 1 fully saturated rings. The molecule has 2 nitrogen and oxygen atoms in total. The number of rotatable bonds is 3. The molecule has 0 aromatic carbocycles. The molecule has 0 spiro atoms. The number of β-amino-alcohol motifs (C(OH)–C–C–N with tert-alkyl or cyclic N) is 1. The van der Waals surface area contributed by atoms with Gasteiger partial charge in [-0.15, -0.1) is 11.6 Å². The maximum Gasteiger partial charge on any atom is 0.0746 e. The van der Waals surface area contributed by atoms with E-state index >= 15 is 0 Å². The standard InChI is InChI=1S/C10H18ClNO/c1-9(6-11)7-12-5-3-4-10(2,13)8-12/h13H,1,3-8H2,2H3. The molecule has 1 unspecified atom stereocenters. The zero-order chi connectivity index (χ0) is 9.90. The van der Waals surface area contributed by atoms with Crippen molar-refractivity contribution in [2.24, 2.45) is 0 Å². The third-order valence-corrected chi connectivity index (χ3v) is 2.77. The van der Waals surface area contributed by atoms with Crippen molar-refractivity contribution < 1.29 is 5.11 Å². The normalized spacial score (nSPS) is 30.4. The van der Waals surface area contributed by atoms with Crippen molar-refractivity contribution in [1.82, 2.24) is 4.90 Å². The highest BCUT2D eigenvalue weighted by atomic mass is 35.5. The van der Waals surface area contributed by atoms with E-state index in [9.17, 15) is 5.11 Å². The van der Waals surface area contributed by atoms with E-state index in [-0.39, 0.29) is 0 Å². The lowest BCUT2D eigenvalue weighted by molar-refractivity contribution is -0.0123. The third-order valence-electron chi connectivity index (χ3n) is 2.39. The second-order valence-corrected chi connectivity index (χ2v) is 4.46. The summed E-state index contributed by atoms with van der Waals surface area (Å²) < 4.78 is 0. The Morgan fingerprint density at radius 3 is 2.92 bits per heavy atom. The Labute approximate surface area is 85.2 Å². The Balaban J connectivity index is 2.39. The Morgan fingerprint density at radius 2 is 2.38 bits per heavy atom. The maximum absolute atomic E-state index is 9.83. The molecule has 0 radical (unpaired) electrons. The summed E-state index contributed by atoms with van der Waals surface area (Å²) in [6, 6.07) is 0. The topological polar surface area (TPSA) is 23.5 Å². The monoisotopic (exact) mass is 203 g/mol. The smallest absolute Gasteiger partial charge is 0.0746 e. The quantitative estimate of drug-likeness (QED) is 0.557. The first-order valence-corrected chi connectivity index (χ1v) is 5.24. The highest BCUT2D eigenvalue weighted by molar-refractivity contribution is 6.19. The molecule has 1 aliphatic heterocycles. The third kappa shape index (κ3) is 3.67. The van der Waals surface area contributed by atoms with Gasteiger partial charge in [-0.25, -0.2) is 0 Å². The molecule has 76 valence electrons. The largest absolute Gasteiger partial charge is 0.389 e. The molecule has 1 aliphatic rings. The lowest BCUT2D eigenvalue weighted by Gasteiger charge is -2.37. The predicted octanol–water partition coefficient (Wildman–Crippen LogP) is 1.63. The number of likely N-dealkylation sites (tertiary alicyclic amines) is 1. The fourth-order valence-electron chi connectivity index (χ4n) is 1.82. The van der Waals surface area contributed by atoms with Gasteiger partial charge in [-0.3, -0.25) is 4.90 Å². The van der Waals surface area contributed by atoms with Crippen molar-refractivity contribution in [3.63, 3.8) is 0 Å². The molecule has 3 heteroatoms. The summed E-state index contributed by atoms with van der Waals surface area (Å²) in [4.78, 5) is 2.22. The number of halogens is 1. The summed E-state index contributed by atoms with van der Waals surface area (Å²) in [5.41, 5.74) is 0.504. The first kappa shape index (κ1) is 11.0. The number of hydrogen-bond donors (Lipinski definition) is 1. The fourth-order valence-corrected chi connectivity index (χ4v) is 1.90. The minimum Gasteiger partial charge on any atom is -0.389 e. The van der Waals surface area contributed by atoms with Crippen LogP contribution in [0.4, 0.5) is 0 Å². The van der Waals surface area contributed by atoms with Gasteiger partial charge in [-0.1, -0.05) is 6.58 Å². The Kier molecular flexibility index (Phi) is 3.77. The van der Waals surface area contributed by atoms with Gasteiger partial charge in [0.1, 0.15) is 0 Å². The van der Waals surface area contributed by atoms with Crippen molar-refractivity contribution in [3.05, 3.63) is 12.2 Å². The number of alkyl halides is 1. The van der Waals surface area contributed by atoms with Crippen LogP contribution in [0.25, 0.3) is 0 Å². The molecule has 0 bridgehead atoms. The number of nitrogens with zero attached hydrogens (tertiary/aromatic N) is 1. The summed E-state index contributed by atoms with van der Waals surface area (Å²) >= 11 is 5.65. The zero-order valence-corrected chi connectivity index (χ0v) is 8.98. The lowest BCUT2D eigenvalue weighted by atomic mass is 9.95. The van der Waals surface area contributed by atoms with Crippen LogP contribution in [0.3, 0.4) is 0 Å². The number of hydrogen-bond acceptors (Lipinski definition) is 2. The highest BCUT2D eigenvalue weighted by Crippen LogP contribution is 2.20. The fraction of sp³-hybridized carbons (Fsp3) is 0.800. The van der Waals surface area contributed by atoms with E-state index in [1.54, 1.807) is 0 Å². The molecule has 1 saturated heterocycles. The minimum absolute atomic E-state index is 0.513. The van der Waals surface area contributed by atoms with Crippen molar-refractivity contribution in [2.45, 2.75) is 25.4 Å². The number of piperidine rings is 1. The van der Waals surface area contributed by atoms with Gasteiger partial charge >= 0.3 is 0 Å². The summed E-state index contributed by atoms with van der Waals surface area (Å²) in [5, 5.41) is 9.83. The van der Waals surface area contributed by atoms with Crippen molar-refractivity contribution in [1.29, 1.82) is 0 Å². The van der Waals surface area contributed by atoms with E-state index < -0.39 is 5.60 Å². The molecule has 1 heterocycles. The Bertz CT molecular complexity index is 191. The van der Waals surface area contributed by atoms with Crippen LogP contribution in [0.5, 0.6) is 0 Å². The summed E-state index contributed by atoms with van der Waals surface area (Å²) in [7, 11) is 0. The molecule has 1 atom stereocenters. The molecule has 0 amide bonds. The van der Waals surface area contributed by atoms with Crippen LogP contribution in [-0.2, 0) is 0 Å². The molecule has 0 aliphatic carbocycles. The van der Waals surface area contributed by atoms with Gasteiger partial charge in [0.25, 0.3) is 0 Å². The zero-order valence-electron chi connectivity index (χ0n) is 8.22. The van der Waals surface area contributed by atoms with Gasteiger partial charge in [0.15, 0.2) is 0 Å². The SMILES string of the molecule is C=C(CCl)CN1CCCC(C)(O)C1. The van der Waals surface area contributed by atoms with E-state index in [4.69, 9.17) is 11.6 Å². The average molecular weight is 204 g/mol. The van der Waals surface area contributed by atoms with E-state index in [0.717, 1.165) is 38.0 Å². The van der Waals surface area contributed by atoms with E-state index in [1.807, 2.05) is 6.92 Å². The van der Waals surface area contributed by atoms with Gasteiger partial charge in [0.2, 0.25) is 0 Å². The van der Waals surface area contributed by atoms with Crippen molar-refractivity contribution >= 4 is 11.6 Å². The highest BCUT2D eigenvalue weighted by Gasteiger charge is 2.27. The average Bonchev–Trinajstić information content (AvgIpc) is 2.02. The van der Waals surface area contributed by atoms with E-state index in [0.29, 0.717) is 5.88 Å². The molecule has 0 aromatic rings. The van der Waals surface area contributed by atoms with Crippen LogP contribution in [0.2, 0.25) is 0 Å². The van der Waals surface area contributed by atoms with Gasteiger partial charge in [-0.05, 0) is 31.9 Å².